The number of para-hydroxylation sites is 1. The van der Waals surface area contributed by atoms with E-state index in [2.05, 4.69) is 59.6 Å². The van der Waals surface area contributed by atoms with Crippen LogP contribution in [0.4, 0.5) is 0 Å². The van der Waals surface area contributed by atoms with Gasteiger partial charge in [0.25, 0.3) is 0 Å². The van der Waals surface area contributed by atoms with E-state index in [-0.39, 0.29) is 0 Å². The fraction of sp³-hybridized carbons (Fsp3) is 0.125. The van der Waals surface area contributed by atoms with Crippen LogP contribution in [0.15, 0.2) is 54.6 Å². The third-order valence-electron chi connectivity index (χ3n) is 4.06. The molecule has 2 aromatic carbocycles. The van der Waals surface area contributed by atoms with Gasteiger partial charge in [-0.05, 0) is 29.5 Å². The lowest BCUT2D eigenvalue weighted by molar-refractivity contribution is 1.17. The molecule has 4 rings (SSSR count). The molecule has 3 aromatic rings. The summed E-state index contributed by atoms with van der Waals surface area (Å²) in [5.74, 6) is 0. The third kappa shape index (κ3) is 1.42. The topological polar surface area (TPSA) is 15.8 Å². The van der Waals surface area contributed by atoms with Crippen LogP contribution in [-0.4, -0.2) is 11.7 Å². The van der Waals surface area contributed by atoms with Gasteiger partial charge in [-0.25, -0.2) is 0 Å². The molecule has 18 heavy (non-hydrogen) atoms. The van der Waals surface area contributed by atoms with Gasteiger partial charge in [-0.15, -0.1) is 0 Å². The minimum Gasteiger partial charge on any atom is -0.366 e. The summed E-state index contributed by atoms with van der Waals surface area (Å²) in [6.45, 7) is 0.550. The van der Waals surface area contributed by atoms with Crippen molar-refractivity contribution in [3.63, 3.8) is 0 Å². The fourth-order valence-corrected chi connectivity index (χ4v) is 3.16. The number of hydrogen-bond acceptors (Lipinski definition) is 0. The second-order valence-electron chi connectivity index (χ2n) is 5.10. The third-order valence-corrected chi connectivity index (χ3v) is 4.06. The van der Waals surface area contributed by atoms with E-state index in [1.165, 1.54) is 40.3 Å². The summed E-state index contributed by atoms with van der Waals surface area (Å²) < 4.78 is 0. The quantitative estimate of drug-likeness (QED) is 0.618. The molecule has 1 N–H and O–H groups in total. The predicted molar refractivity (Wildman–Crippen MR) is 78.3 cm³/mol. The number of aryl methyl sites for hydroxylation is 1. The van der Waals surface area contributed by atoms with Crippen molar-refractivity contribution in [2.45, 2.75) is 12.7 Å². The van der Waals surface area contributed by atoms with Crippen LogP contribution < -0.4 is 11.1 Å². The summed E-state index contributed by atoms with van der Waals surface area (Å²) >= 11 is 0. The Morgan fingerprint density at radius 1 is 0.944 bits per heavy atom. The molecule has 0 radical (unpaired) electrons. The van der Waals surface area contributed by atoms with Crippen molar-refractivity contribution < 1.29 is 0 Å². The molecule has 1 aliphatic rings. The maximum atomic E-state index is 3.58. The molecule has 1 aliphatic heterocycles. The van der Waals surface area contributed by atoms with Crippen molar-refractivity contribution in [2.24, 2.45) is 0 Å². The molecule has 1 aromatic heterocycles. The number of aromatic nitrogens is 1. The van der Waals surface area contributed by atoms with Gasteiger partial charge in [-0.2, -0.15) is 0 Å². The Balaban J connectivity index is 1.85. The van der Waals surface area contributed by atoms with Crippen LogP contribution in [-0.2, 0) is 6.42 Å². The van der Waals surface area contributed by atoms with Gasteiger partial charge in [0.2, 0.25) is 6.71 Å². The number of aromatic amines is 1. The van der Waals surface area contributed by atoms with E-state index in [0.29, 0.717) is 6.71 Å². The van der Waals surface area contributed by atoms with Crippen LogP contribution in [0.3, 0.4) is 0 Å². The normalized spacial score (nSPS) is 14.1. The van der Waals surface area contributed by atoms with Crippen molar-refractivity contribution in [3.8, 4) is 0 Å². The molecule has 0 unspecified atom stereocenters. The highest BCUT2D eigenvalue weighted by molar-refractivity contribution is 6.86. The summed E-state index contributed by atoms with van der Waals surface area (Å²) in [6.07, 6.45) is 2.43. The number of hydrogen-bond donors (Lipinski definition) is 1. The summed E-state index contributed by atoms with van der Waals surface area (Å²) in [5.41, 5.74) is 5.63. The first-order valence-corrected chi connectivity index (χ1v) is 6.57. The van der Waals surface area contributed by atoms with Gasteiger partial charge in [0.05, 0.1) is 0 Å². The zero-order chi connectivity index (χ0) is 11.9. The van der Waals surface area contributed by atoms with E-state index >= 15 is 0 Å². The van der Waals surface area contributed by atoms with Gasteiger partial charge in [0, 0.05) is 5.52 Å². The smallest absolute Gasteiger partial charge is 0.230 e. The molecule has 0 fully saturated rings. The summed E-state index contributed by atoms with van der Waals surface area (Å²) in [6, 6.07) is 19.7. The Morgan fingerprint density at radius 2 is 1.78 bits per heavy atom. The second kappa shape index (κ2) is 3.77. The van der Waals surface area contributed by atoms with E-state index in [4.69, 9.17) is 0 Å². The average Bonchev–Trinajstić information content (AvgIpc) is 3.02. The van der Waals surface area contributed by atoms with Gasteiger partial charge < -0.3 is 4.98 Å². The first-order chi connectivity index (χ1) is 8.92. The molecule has 86 valence electrons. The SMILES string of the molecule is c1ccc2c(c1)CCB2c1cc2ccccc2[nH]1. The summed E-state index contributed by atoms with van der Waals surface area (Å²) in [5, 5.41) is 1.32. The molecule has 0 saturated heterocycles. The largest absolute Gasteiger partial charge is 0.366 e. The lowest BCUT2D eigenvalue weighted by Crippen LogP contribution is -2.39. The van der Waals surface area contributed by atoms with E-state index in [1.54, 1.807) is 0 Å². The maximum Gasteiger partial charge on any atom is 0.230 e. The highest BCUT2D eigenvalue weighted by atomic mass is 14.7. The van der Waals surface area contributed by atoms with Gasteiger partial charge in [-0.3, -0.25) is 0 Å². The van der Waals surface area contributed by atoms with E-state index < -0.39 is 0 Å². The standard InChI is InChI=1S/C16H14BN/c1-3-7-14-12(5-1)9-10-17(14)16-11-13-6-2-4-8-15(13)18-16/h1-8,11,18H,9-10H2. The van der Waals surface area contributed by atoms with E-state index in [0.717, 1.165) is 0 Å². The van der Waals surface area contributed by atoms with Gasteiger partial charge >= 0.3 is 0 Å². The monoisotopic (exact) mass is 231 g/mol. The Bertz CT molecular complexity index is 681. The van der Waals surface area contributed by atoms with Crippen LogP contribution in [0.25, 0.3) is 10.9 Å². The molecular formula is C16H14BN. The molecule has 0 spiro atoms. The molecule has 2 heteroatoms. The molecule has 0 aliphatic carbocycles. The number of fused-ring (bicyclic) bond motifs is 2. The number of benzene rings is 2. The van der Waals surface area contributed by atoms with Crippen molar-refractivity contribution in [3.05, 3.63) is 60.2 Å². The van der Waals surface area contributed by atoms with E-state index in [9.17, 15) is 0 Å². The molecule has 0 bridgehead atoms. The Labute approximate surface area is 107 Å². The van der Waals surface area contributed by atoms with Crippen molar-refractivity contribution >= 4 is 28.7 Å². The molecule has 0 amide bonds. The van der Waals surface area contributed by atoms with E-state index in [1.807, 2.05) is 0 Å². The van der Waals surface area contributed by atoms with Crippen LogP contribution in [0.2, 0.25) is 6.32 Å². The summed E-state index contributed by atoms with van der Waals surface area (Å²) in [4.78, 5) is 3.58. The molecule has 0 atom stereocenters. The Kier molecular flexibility index (Phi) is 2.10. The minimum atomic E-state index is 0.550. The summed E-state index contributed by atoms with van der Waals surface area (Å²) in [7, 11) is 0. The minimum absolute atomic E-state index is 0.550. The zero-order valence-corrected chi connectivity index (χ0v) is 10.2. The van der Waals surface area contributed by atoms with Crippen molar-refractivity contribution in [1.82, 2.24) is 4.98 Å². The molecular weight excluding hydrogens is 217 g/mol. The lowest BCUT2D eigenvalue weighted by atomic mass is 9.43. The fourth-order valence-electron chi connectivity index (χ4n) is 3.16. The molecule has 0 saturated carbocycles. The zero-order valence-electron chi connectivity index (χ0n) is 10.2. The Hall–Kier alpha value is -1.96. The highest BCUT2D eigenvalue weighted by Crippen LogP contribution is 2.16. The molecule has 2 heterocycles. The highest BCUT2D eigenvalue weighted by Gasteiger charge is 2.28. The van der Waals surface area contributed by atoms with Crippen LogP contribution in [0.5, 0.6) is 0 Å². The number of nitrogens with one attached hydrogen (secondary N) is 1. The Morgan fingerprint density at radius 3 is 2.72 bits per heavy atom. The number of rotatable bonds is 1. The average molecular weight is 231 g/mol. The van der Waals surface area contributed by atoms with Gasteiger partial charge in [0.1, 0.15) is 0 Å². The van der Waals surface area contributed by atoms with Crippen molar-refractivity contribution in [1.29, 1.82) is 0 Å². The first-order valence-electron chi connectivity index (χ1n) is 6.57. The van der Waals surface area contributed by atoms with Crippen molar-refractivity contribution in [2.75, 3.05) is 0 Å². The van der Waals surface area contributed by atoms with Crippen LogP contribution in [0, 0.1) is 0 Å². The second-order valence-corrected chi connectivity index (χ2v) is 5.10. The van der Waals surface area contributed by atoms with Crippen LogP contribution in [0.1, 0.15) is 5.56 Å². The van der Waals surface area contributed by atoms with Crippen LogP contribution >= 0.6 is 0 Å². The van der Waals surface area contributed by atoms with Gasteiger partial charge in [-0.1, -0.05) is 59.8 Å². The maximum absolute atomic E-state index is 3.58. The van der Waals surface area contributed by atoms with Gasteiger partial charge in [0.15, 0.2) is 0 Å². The number of H-pyrrole nitrogens is 1. The predicted octanol–water partition coefficient (Wildman–Crippen LogP) is 2.33. The lowest BCUT2D eigenvalue weighted by Gasteiger charge is -2.05. The first kappa shape index (κ1) is 10.0. The molecule has 1 nitrogen and oxygen atoms in total.